The highest BCUT2D eigenvalue weighted by Crippen LogP contribution is 2.34. The maximum Gasteiger partial charge on any atom is 0.293 e. The number of Topliss-reactive ketones (excluding diaryl/α,β-unsaturated/α-hetero) is 1. The maximum absolute atomic E-state index is 13.4. The first kappa shape index (κ1) is 22.2. The Morgan fingerprint density at radius 2 is 1.55 bits per heavy atom. The summed E-state index contributed by atoms with van der Waals surface area (Å²) >= 11 is 0. The Bertz CT molecular complexity index is 1180. The summed E-state index contributed by atoms with van der Waals surface area (Å²) < 4.78 is 37.0. The molecule has 0 aliphatic rings. The van der Waals surface area contributed by atoms with Gasteiger partial charge >= 0.3 is 0 Å². The molecule has 6 nitrogen and oxygen atoms in total. The van der Waals surface area contributed by atoms with Crippen molar-refractivity contribution in [3.05, 3.63) is 77.9 Å². The number of hydrogen-bond donors (Lipinski definition) is 0. The molecule has 0 fully saturated rings. The van der Waals surface area contributed by atoms with Crippen molar-refractivity contribution in [1.82, 2.24) is 0 Å². The normalized spacial score (nSPS) is 11.0. The van der Waals surface area contributed by atoms with E-state index < -0.39 is 9.84 Å². The van der Waals surface area contributed by atoms with Crippen molar-refractivity contribution in [2.75, 3.05) is 13.2 Å². The molecule has 3 aromatic rings. The van der Waals surface area contributed by atoms with E-state index in [4.69, 9.17) is 4.74 Å². The molecule has 0 amide bonds. The van der Waals surface area contributed by atoms with Crippen LogP contribution in [0.5, 0.6) is 5.75 Å². The molecule has 7 heteroatoms. The largest absolute Gasteiger partial charge is 0.489 e. The zero-order chi connectivity index (χ0) is 22.4. The van der Waals surface area contributed by atoms with Gasteiger partial charge in [0.2, 0.25) is 9.84 Å². The summed E-state index contributed by atoms with van der Waals surface area (Å²) in [6, 6.07) is 18.4. The van der Waals surface area contributed by atoms with Gasteiger partial charge in [0.1, 0.15) is 23.9 Å². The van der Waals surface area contributed by atoms with Crippen LogP contribution in [-0.2, 0) is 19.4 Å². The standard InChI is InChI=1S/C24H22O6S/c1-17-3-10-22(11-4-17)31(27,28)24-15-21(9-12-23(24)30-14-13-29-16-25)20-7-5-19(6-8-20)18(2)26/h3-12,15-16H,13-14H2,1-2H3. The average molecular weight is 439 g/mol. The van der Waals surface area contributed by atoms with E-state index in [9.17, 15) is 18.0 Å². The lowest BCUT2D eigenvalue weighted by Crippen LogP contribution is -2.10. The summed E-state index contributed by atoms with van der Waals surface area (Å²) in [6.07, 6.45) is 0. The molecule has 0 aromatic heterocycles. The van der Waals surface area contributed by atoms with Crippen LogP contribution >= 0.6 is 0 Å². The van der Waals surface area contributed by atoms with Crippen LogP contribution in [0.25, 0.3) is 11.1 Å². The highest BCUT2D eigenvalue weighted by Gasteiger charge is 2.23. The lowest BCUT2D eigenvalue weighted by atomic mass is 10.0. The zero-order valence-corrected chi connectivity index (χ0v) is 18.0. The quantitative estimate of drug-likeness (QED) is 0.282. The van der Waals surface area contributed by atoms with E-state index in [0.717, 1.165) is 11.1 Å². The van der Waals surface area contributed by atoms with Gasteiger partial charge < -0.3 is 9.47 Å². The van der Waals surface area contributed by atoms with E-state index in [1.807, 2.05) is 6.92 Å². The number of carbonyl (C=O) groups is 2. The summed E-state index contributed by atoms with van der Waals surface area (Å²) in [5.41, 5.74) is 2.95. The number of rotatable bonds is 9. The molecule has 3 aromatic carbocycles. The van der Waals surface area contributed by atoms with Crippen LogP contribution < -0.4 is 4.74 Å². The van der Waals surface area contributed by atoms with Gasteiger partial charge in [0.15, 0.2) is 5.78 Å². The van der Waals surface area contributed by atoms with E-state index in [0.29, 0.717) is 17.6 Å². The van der Waals surface area contributed by atoms with Crippen LogP contribution in [0.4, 0.5) is 0 Å². The van der Waals surface area contributed by atoms with Crippen molar-refractivity contribution in [3.63, 3.8) is 0 Å². The maximum atomic E-state index is 13.4. The van der Waals surface area contributed by atoms with Crippen LogP contribution in [0.3, 0.4) is 0 Å². The fourth-order valence-electron chi connectivity index (χ4n) is 3.01. The molecular weight excluding hydrogens is 416 g/mol. The minimum atomic E-state index is -3.87. The summed E-state index contributed by atoms with van der Waals surface area (Å²) in [7, 11) is -3.87. The molecular formula is C24H22O6S. The lowest BCUT2D eigenvalue weighted by molar-refractivity contribution is -0.129. The molecule has 0 aliphatic heterocycles. The number of sulfone groups is 1. The highest BCUT2D eigenvalue weighted by molar-refractivity contribution is 7.91. The van der Waals surface area contributed by atoms with Crippen molar-refractivity contribution >= 4 is 22.1 Å². The first-order chi connectivity index (χ1) is 14.8. The van der Waals surface area contributed by atoms with Gasteiger partial charge in [0.05, 0.1) is 4.90 Å². The monoisotopic (exact) mass is 438 g/mol. The predicted octanol–water partition coefficient (Wildman–Crippen LogP) is 4.25. The van der Waals surface area contributed by atoms with E-state index in [1.54, 1.807) is 66.7 Å². The second kappa shape index (κ2) is 9.57. The van der Waals surface area contributed by atoms with Crippen molar-refractivity contribution in [2.24, 2.45) is 0 Å². The fraction of sp³-hybridized carbons (Fsp3) is 0.167. The molecule has 0 bridgehead atoms. The zero-order valence-electron chi connectivity index (χ0n) is 17.2. The molecule has 0 N–H and O–H groups in total. The lowest BCUT2D eigenvalue weighted by Gasteiger charge is -2.14. The Hall–Kier alpha value is -3.45. The molecule has 3 rings (SSSR count). The molecule has 0 saturated heterocycles. The SMILES string of the molecule is CC(=O)c1ccc(-c2ccc(OCCOC=O)c(S(=O)(=O)c3ccc(C)cc3)c2)cc1. The summed E-state index contributed by atoms with van der Waals surface area (Å²) in [5.74, 6) is 0.120. The van der Waals surface area contributed by atoms with Crippen molar-refractivity contribution in [1.29, 1.82) is 0 Å². The van der Waals surface area contributed by atoms with Crippen molar-refractivity contribution in [2.45, 2.75) is 23.6 Å². The Balaban J connectivity index is 2.05. The van der Waals surface area contributed by atoms with Gasteiger partial charge in [-0.2, -0.15) is 0 Å². The van der Waals surface area contributed by atoms with E-state index in [1.165, 1.54) is 6.92 Å². The number of aryl methyl sites for hydroxylation is 1. The van der Waals surface area contributed by atoms with E-state index >= 15 is 0 Å². The van der Waals surface area contributed by atoms with Gasteiger partial charge in [0.25, 0.3) is 6.47 Å². The van der Waals surface area contributed by atoms with E-state index in [2.05, 4.69) is 4.74 Å². The van der Waals surface area contributed by atoms with Crippen LogP contribution in [0.1, 0.15) is 22.8 Å². The number of hydrogen-bond acceptors (Lipinski definition) is 6. The highest BCUT2D eigenvalue weighted by atomic mass is 32.2. The number of ketones is 1. The Morgan fingerprint density at radius 1 is 0.903 bits per heavy atom. The van der Waals surface area contributed by atoms with Crippen molar-refractivity contribution in [3.8, 4) is 16.9 Å². The number of carbonyl (C=O) groups excluding carboxylic acids is 2. The molecule has 0 heterocycles. The van der Waals surface area contributed by atoms with Crippen LogP contribution in [0, 0.1) is 6.92 Å². The van der Waals surface area contributed by atoms with Crippen LogP contribution in [0.2, 0.25) is 0 Å². The molecule has 0 atom stereocenters. The fourth-order valence-corrected chi connectivity index (χ4v) is 4.43. The summed E-state index contributed by atoms with van der Waals surface area (Å²) in [5, 5.41) is 0. The van der Waals surface area contributed by atoms with E-state index in [-0.39, 0.29) is 34.5 Å². The minimum absolute atomic E-state index is 0.00177. The first-order valence-corrected chi connectivity index (χ1v) is 11.1. The van der Waals surface area contributed by atoms with Crippen molar-refractivity contribution < 1.29 is 27.5 Å². The predicted molar refractivity (Wildman–Crippen MR) is 116 cm³/mol. The van der Waals surface area contributed by atoms with Gasteiger partial charge in [0, 0.05) is 5.56 Å². The molecule has 160 valence electrons. The second-order valence-electron chi connectivity index (χ2n) is 6.93. The first-order valence-electron chi connectivity index (χ1n) is 9.58. The van der Waals surface area contributed by atoms with Crippen LogP contribution in [0.15, 0.2) is 76.5 Å². The Kier molecular flexibility index (Phi) is 6.87. The van der Waals surface area contributed by atoms with Gasteiger partial charge in [-0.15, -0.1) is 0 Å². The van der Waals surface area contributed by atoms with Gasteiger partial charge in [-0.1, -0.05) is 48.0 Å². The molecule has 31 heavy (non-hydrogen) atoms. The van der Waals surface area contributed by atoms with Gasteiger partial charge in [-0.3, -0.25) is 9.59 Å². The number of benzene rings is 3. The third-order valence-corrected chi connectivity index (χ3v) is 6.51. The van der Waals surface area contributed by atoms with Crippen LogP contribution in [-0.4, -0.2) is 33.9 Å². The second-order valence-corrected chi connectivity index (χ2v) is 8.85. The Labute approximate surface area is 181 Å². The minimum Gasteiger partial charge on any atom is -0.489 e. The van der Waals surface area contributed by atoms with Gasteiger partial charge in [-0.05, 0) is 49.2 Å². The summed E-state index contributed by atoms with van der Waals surface area (Å²) in [4.78, 5) is 22.0. The topological polar surface area (TPSA) is 86.7 Å². The smallest absolute Gasteiger partial charge is 0.293 e. The molecule has 0 saturated carbocycles. The summed E-state index contributed by atoms with van der Waals surface area (Å²) in [6.45, 7) is 3.69. The van der Waals surface area contributed by atoms with Gasteiger partial charge in [-0.25, -0.2) is 8.42 Å². The molecule has 0 aliphatic carbocycles. The Morgan fingerprint density at radius 3 is 2.16 bits per heavy atom. The molecule has 0 spiro atoms. The number of ether oxygens (including phenoxy) is 2. The molecule has 0 radical (unpaired) electrons. The third-order valence-electron chi connectivity index (χ3n) is 4.72. The average Bonchev–Trinajstić information content (AvgIpc) is 2.77. The molecule has 0 unspecified atom stereocenters. The third kappa shape index (κ3) is 5.19.